The van der Waals surface area contributed by atoms with Crippen molar-refractivity contribution in [2.75, 3.05) is 5.75 Å². The largest absolute Gasteiger partial charge is 0.416 e. The van der Waals surface area contributed by atoms with E-state index in [0.717, 1.165) is 18.6 Å². The molecule has 7 heteroatoms. The van der Waals surface area contributed by atoms with Crippen LogP contribution in [0.3, 0.4) is 0 Å². The van der Waals surface area contributed by atoms with Gasteiger partial charge < -0.3 is 0 Å². The molecule has 0 amide bonds. The SMILES string of the molecule is CCCCS(=O)(=O)N[C@H](C)c1cccc(C(F)(F)F)c1. The van der Waals surface area contributed by atoms with E-state index in [9.17, 15) is 21.6 Å². The van der Waals surface area contributed by atoms with E-state index in [1.54, 1.807) is 0 Å². The topological polar surface area (TPSA) is 46.2 Å². The number of hydrogen-bond donors (Lipinski definition) is 1. The molecule has 1 atom stereocenters. The first kappa shape index (κ1) is 17.0. The molecule has 0 unspecified atom stereocenters. The van der Waals surface area contributed by atoms with Crippen molar-refractivity contribution in [3.05, 3.63) is 35.4 Å². The molecule has 0 heterocycles. The van der Waals surface area contributed by atoms with Crippen molar-refractivity contribution in [2.45, 2.75) is 38.9 Å². The maximum absolute atomic E-state index is 12.6. The van der Waals surface area contributed by atoms with Gasteiger partial charge in [-0.2, -0.15) is 13.2 Å². The van der Waals surface area contributed by atoms with E-state index in [1.807, 2.05) is 6.92 Å². The zero-order chi connectivity index (χ0) is 15.4. The molecule has 0 saturated carbocycles. The highest BCUT2D eigenvalue weighted by molar-refractivity contribution is 7.89. The van der Waals surface area contributed by atoms with Crippen LogP contribution in [0.1, 0.15) is 43.9 Å². The minimum Gasteiger partial charge on any atom is -0.212 e. The minimum absolute atomic E-state index is 0.0210. The van der Waals surface area contributed by atoms with Crippen molar-refractivity contribution < 1.29 is 21.6 Å². The Labute approximate surface area is 117 Å². The number of benzene rings is 1. The average Bonchev–Trinajstić information content (AvgIpc) is 2.35. The van der Waals surface area contributed by atoms with Crippen LogP contribution in [0.5, 0.6) is 0 Å². The van der Waals surface area contributed by atoms with E-state index >= 15 is 0 Å². The number of sulfonamides is 1. The van der Waals surface area contributed by atoms with Gasteiger partial charge in [-0.1, -0.05) is 25.5 Å². The van der Waals surface area contributed by atoms with Crippen LogP contribution in [0, 0.1) is 0 Å². The number of hydrogen-bond acceptors (Lipinski definition) is 2. The Kier molecular flexibility index (Phi) is 5.59. The summed E-state index contributed by atoms with van der Waals surface area (Å²) in [6.45, 7) is 3.39. The molecule has 114 valence electrons. The van der Waals surface area contributed by atoms with E-state index in [-0.39, 0.29) is 5.75 Å². The molecule has 3 nitrogen and oxygen atoms in total. The summed E-state index contributed by atoms with van der Waals surface area (Å²) in [5.41, 5.74) is -0.491. The normalized spacial score (nSPS) is 14.2. The van der Waals surface area contributed by atoms with Crippen LogP contribution in [0.15, 0.2) is 24.3 Å². The minimum atomic E-state index is -4.43. The Morgan fingerprint density at radius 3 is 2.50 bits per heavy atom. The first-order chi connectivity index (χ1) is 9.15. The molecule has 0 aromatic heterocycles. The molecule has 0 aliphatic carbocycles. The predicted molar refractivity (Wildman–Crippen MR) is 71.7 cm³/mol. The van der Waals surface area contributed by atoms with E-state index < -0.39 is 27.8 Å². The molecule has 0 fully saturated rings. The Bertz CT molecular complexity index is 541. The van der Waals surface area contributed by atoms with Gasteiger partial charge in [-0.3, -0.25) is 0 Å². The fourth-order valence-corrected chi connectivity index (χ4v) is 3.18. The lowest BCUT2D eigenvalue weighted by Gasteiger charge is -2.16. The van der Waals surface area contributed by atoms with Crippen molar-refractivity contribution >= 4 is 10.0 Å². The fraction of sp³-hybridized carbons (Fsp3) is 0.538. The van der Waals surface area contributed by atoms with Crippen LogP contribution in [0.25, 0.3) is 0 Å². The second-order valence-corrected chi connectivity index (χ2v) is 6.51. The molecule has 1 aromatic rings. The molecular weight excluding hydrogens is 291 g/mol. The first-order valence-corrected chi connectivity index (χ1v) is 7.98. The van der Waals surface area contributed by atoms with Gasteiger partial charge in [0, 0.05) is 6.04 Å². The summed E-state index contributed by atoms with van der Waals surface area (Å²) in [5, 5.41) is 0. The van der Waals surface area contributed by atoms with Crippen molar-refractivity contribution in [2.24, 2.45) is 0 Å². The zero-order valence-corrected chi connectivity index (χ0v) is 12.2. The summed E-state index contributed by atoms with van der Waals surface area (Å²) in [7, 11) is -3.47. The third-order valence-electron chi connectivity index (χ3n) is 2.84. The smallest absolute Gasteiger partial charge is 0.212 e. The number of halogens is 3. The third-order valence-corrected chi connectivity index (χ3v) is 4.38. The monoisotopic (exact) mass is 309 g/mol. The lowest BCUT2D eigenvalue weighted by atomic mass is 10.1. The van der Waals surface area contributed by atoms with Gasteiger partial charge in [0.2, 0.25) is 10.0 Å². The lowest BCUT2D eigenvalue weighted by molar-refractivity contribution is -0.137. The average molecular weight is 309 g/mol. The van der Waals surface area contributed by atoms with Gasteiger partial charge in [0.05, 0.1) is 11.3 Å². The Morgan fingerprint density at radius 2 is 1.95 bits per heavy atom. The third kappa shape index (κ3) is 5.13. The Hall–Kier alpha value is -1.08. The molecule has 0 radical (unpaired) electrons. The van der Waals surface area contributed by atoms with Gasteiger partial charge in [0.1, 0.15) is 0 Å². The van der Waals surface area contributed by atoms with E-state index in [4.69, 9.17) is 0 Å². The molecule has 1 aromatic carbocycles. The highest BCUT2D eigenvalue weighted by Gasteiger charge is 2.30. The van der Waals surface area contributed by atoms with Gasteiger partial charge in [-0.15, -0.1) is 0 Å². The second-order valence-electron chi connectivity index (χ2n) is 4.64. The summed E-state index contributed by atoms with van der Waals surface area (Å²) in [4.78, 5) is 0. The van der Waals surface area contributed by atoms with Crippen LogP contribution in [0.2, 0.25) is 0 Å². The van der Waals surface area contributed by atoms with Crippen LogP contribution < -0.4 is 4.72 Å². The summed E-state index contributed by atoms with van der Waals surface area (Å²) < 4.78 is 63.6. The van der Waals surface area contributed by atoms with E-state index in [1.165, 1.54) is 19.1 Å². The van der Waals surface area contributed by atoms with Crippen LogP contribution in [-0.2, 0) is 16.2 Å². The first-order valence-electron chi connectivity index (χ1n) is 6.33. The van der Waals surface area contributed by atoms with Gasteiger partial charge in [0.25, 0.3) is 0 Å². The van der Waals surface area contributed by atoms with E-state index in [0.29, 0.717) is 12.0 Å². The highest BCUT2D eigenvalue weighted by Crippen LogP contribution is 2.30. The van der Waals surface area contributed by atoms with E-state index in [2.05, 4.69) is 4.72 Å². The van der Waals surface area contributed by atoms with Crippen molar-refractivity contribution in [3.8, 4) is 0 Å². The van der Waals surface area contributed by atoms with Crippen molar-refractivity contribution in [3.63, 3.8) is 0 Å². The second kappa shape index (κ2) is 6.58. The fourth-order valence-electron chi connectivity index (χ4n) is 1.71. The lowest BCUT2D eigenvalue weighted by Crippen LogP contribution is -2.29. The number of alkyl halides is 3. The highest BCUT2D eigenvalue weighted by atomic mass is 32.2. The summed E-state index contributed by atoms with van der Waals surface area (Å²) in [6.07, 6.45) is -3.18. The molecular formula is C13H18F3NO2S. The van der Waals surface area contributed by atoms with Crippen LogP contribution in [0.4, 0.5) is 13.2 Å². The summed E-state index contributed by atoms with van der Waals surface area (Å²) in [5.74, 6) is -0.0210. The Morgan fingerprint density at radius 1 is 1.30 bits per heavy atom. The number of unbranched alkanes of at least 4 members (excludes halogenated alkanes) is 1. The quantitative estimate of drug-likeness (QED) is 0.874. The maximum Gasteiger partial charge on any atom is 0.416 e. The molecule has 0 spiro atoms. The van der Waals surface area contributed by atoms with Crippen molar-refractivity contribution in [1.82, 2.24) is 4.72 Å². The molecule has 0 saturated heterocycles. The number of rotatable bonds is 6. The van der Waals surface area contributed by atoms with Crippen LogP contribution in [-0.4, -0.2) is 14.2 Å². The Balaban J connectivity index is 2.85. The summed E-state index contributed by atoms with van der Waals surface area (Å²) >= 11 is 0. The van der Waals surface area contributed by atoms with Crippen molar-refractivity contribution in [1.29, 1.82) is 0 Å². The van der Waals surface area contributed by atoms with Gasteiger partial charge in [-0.25, -0.2) is 13.1 Å². The summed E-state index contributed by atoms with van der Waals surface area (Å²) in [6, 6.07) is 3.98. The number of nitrogens with one attached hydrogen (secondary N) is 1. The van der Waals surface area contributed by atoms with Crippen LogP contribution >= 0.6 is 0 Å². The predicted octanol–water partition coefficient (Wildman–Crippen LogP) is 3.49. The maximum atomic E-state index is 12.6. The zero-order valence-electron chi connectivity index (χ0n) is 11.4. The molecule has 1 rings (SSSR count). The molecule has 0 bridgehead atoms. The van der Waals surface area contributed by atoms with Gasteiger partial charge in [-0.05, 0) is 31.0 Å². The van der Waals surface area contributed by atoms with Gasteiger partial charge >= 0.3 is 6.18 Å². The molecule has 20 heavy (non-hydrogen) atoms. The molecule has 1 N–H and O–H groups in total. The molecule has 0 aliphatic rings. The van der Waals surface area contributed by atoms with Gasteiger partial charge in [0.15, 0.2) is 0 Å². The standard InChI is InChI=1S/C13H18F3NO2S/c1-3-4-8-20(18,19)17-10(2)11-6-5-7-12(9-11)13(14,15)16/h5-7,9-10,17H,3-4,8H2,1-2H3/t10-/m1/s1. The molecule has 0 aliphatic heterocycles.